The van der Waals surface area contributed by atoms with Crippen molar-refractivity contribution in [3.63, 3.8) is 0 Å². The van der Waals surface area contributed by atoms with E-state index in [0.29, 0.717) is 11.9 Å². The minimum Gasteiger partial charge on any atom is -0.382 e. The summed E-state index contributed by atoms with van der Waals surface area (Å²) in [6, 6.07) is 0. The van der Waals surface area contributed by atoms with Gasteiger partial charge in [-0.25, -0.2) is 19.5 Å². The lowest BCUT2D eigenvalue weighted by Crippen LogP contribution is -2.11. The standard InChI is InChI=1S/C11H18N5O4P/c1-2-3-4-5-6-19-21(17,18)20-16-8-15-9-10(12)13-7-14-11(9)16/h7-8H,2-6H2,1H3,(H,17,18)(H2,12,13,14). The third-order valence-corrected chi connectivity index (χ3v) is 3.67. The quantitative estimate of drug-likeness (QED) is 0.555. The normalized spacial score (nSPS) is 14.2. The molecule has 1 atom stereocenters. The van der Waals surface area contributed by atoms with Crippen molar-refractivity contribution in [2.24, 2.45) is 0 Å². The zero-order chi connectivity index (χ0) is 15.3. The molecule has 2 aromatic heterocycles. The maximum atomic E-state index is 11.8. The number of hydrogen-bond donors (Lipinski definition) is 2. The first-order valence-electron chi connectivity index (χ1n) is 6.64. The van der Waals surface area contributed by atoms with Crippen LogP contribution in [0.5, 0.6) is 0 Å². The first kappa shape index (κ1) is 15.7. The van der Waals surface area contributed by atoms with Crippen LogP contribution in [-0.2, 0) is 9.09 Å². The van der Waals surface area contributed by atoms with E-state index >= 15 is 0 Å². The Hall–Kier alpha value is -1.70. The number of nitrogens with two attached hydrogens (primary N) is 1. The highest BCUT2D eigenvalue weighted by Crippen LogP contribution is 2.40. The summed E-state index contributed by atoms with van der Waals surface area (Å²) >= 11 is 0. The van der Waals surface area contributed by atoms with Crippen molar-refractivity contribution in [3.05, 3.63) is 12.7 Å². The minimum absolute atomic E-state index is 0.150. The van der Waals surface area contributed by atoms with E-state index in [1.807, 2.05) is 0 Å². The zero-order valence-electron chi connectivity index (χ0n) is 11.7. The van der Waals surface area contributed by atoms with E-state index < -0.39 is 7.82 Å². The van der Waals surface area contributed by atoms with Crippen LogP contribution >= 0.6 is 7.82 Å². The Morgan fingerprint density at radius 1 is 1.33 bits per heavy atom. The highest BCUT2D eigenvalue weighted by Gasteiger charge is 2.25. The van der Waals surface area contributed by atoms with Gasteiger partial charge in [-0.05, 0) is 6.42 Å². The van der Waals surface area contributed by atoms with Crippen LogP contribution in [0.4, 0.5) is 5.82 Å². The molecule has 0 saturated carbocycles. The molecule has 116 valence electrons. The Balaban J connectivity index is 1.98. The molecule has 10 heteroatoms. The van der Waals surface area contributed by atoms with Crippen LogP contribution in [0.1, 0.15) is 32.6 Å². The largest absolute Gasteiger partial charge is 0.546 e. The van der Waals surface area contributed by atoms with Crippen LogP contribution in [0.15, 0.2) is 12.7 Å². The highest BCUT2D eigenvalue weighted by molar-refractivity contribution is 7.47. The summed E-state index contributed by atoms with van der Waals surface area (Å²) in [5.74, 6) is 0.163. The number of imidazole rings is 1. The lowest BCUT2D eigenvalue weighted by Gasteiger charge is -2.12. The summed E-state index contributed by atoms with van der Waals surface area (Å²) in [5, 5.41) is 0. The molecule has 2 heterocycles. The van der Waals surface area contributed by atoms with E-state index in [9.17, 15) is 9.46 Å². The summed E-state index contributed by atoms with van der Waals surface area (Å²) in [5.41, 5.74) is 6.11. The molecule has 21 heavy (non-hydrogen) atoms. The zero-order valence-corrected chi connectivity index (χ0v) is 12.6. The minimum atomic E-state index is -4.23. The fourth-order valence-corrected chi connectivity index (χ4v) is 2.48. The molecular weight excluding hydrogens is 297 g/mol. The van der Waals surface area contributed by atoms with Crippen LogP contribution in [0.25, 0.3) is 11.2 Å². The van der Waals surface area contributed by atoms with Crippen LogP contribution in [0, 0.1) is 0 Å². The molecule has 2 rings (SSSR count). The van der Waals surface area contributed by atoms with Gasteiger partial charge in [0, 0.05) is 0 Å². The van der Waals surface area contributed by atoms with E-state index in [2.05, 4.69) is 21.9 Å². The van der Waals surface area contributed by atoms with Gasteiger partial charge < -0.3 is 10.4 Å². The van der Waals surface area contributed by atoms with E-state index in [0.717, 1.165) is 24.0 Å². The average molecular weight is 315 g/mol. The van der Waals surface area contributed by atoms with Crippen LogP contribution in [-0.4, -0.2) is 31.2 Å². The van der Waals surface area contributed by atoms with Gasteiger partial charge >= 0.3 is 7.82 Å². The topological polar surface area (TPSA) is 125 Å². The molecule has 0 bridgehead atoms. The smallest absolute Gasteiger partial charge is 0.382 e. The number of anilines is 1. The maximum absolute atomic E-state index is 11.8. The number of unbranched alkanes of at least 4 members (excludes halogenated alkanes) is 3. The molecule has 0 aliphatic carbocycles. The predicted octanol–water partition coefficient (Wildman–Crippen LogP) is 1.53. The Morgan fingerprint density at radius 2 is 2.14 bits per heavy atom. The number of fused-ring (bicyclic) bond motifs is 1. The lowest BCUT2D eigenvalue weighted by atomic mass is 10.2. The molecule has 0 spiro atoms. The Labute approximate surface area is 121 Å². The van der Waals surface area contributed by atoms with Crippen molar-refractivity contribution in [3.8, 4) is 0 Å². The monoisotopic (exact) mass is 315 g/mol. The Bertz CT molecular complexity index is 647. The van der Waals surface area contributed by atoms with Gasteiger partial charge in [0.05, 0.1) is 6.61 Å². The van der Waals surface area contributed by atoms with Gasteiger partial charge in [0.25, 0.3) is 0 Å². The van der Waals surface area contributed by atoms with E-state index in [1.165, 1.54) is 12.7 Å². The van der Waals surface area contributed by atoms with Crippen LogP contribution in [0.3, 0.4) is 0 Å². The number of phosphoric ester groups is 1. The molecule has 2 aromatic rings. The Kier molecular flexibility index (Phi) is 5.11. The Morgan fingerprint density at radius 3 is 2.90 bits per heavy atom. The number of aromatic nitrogens is 4. The second-order valence-corrected chi connectivity index (χ2v) is 5.80. The summed E-state index contributed by atoms with van der Waals surface area (Å²) < 4.78 is 22.6. The lowest BCUT2D eigenvalue weighted by molar-refractivity contribution is 0.139. The van der Waals surface area contributed by atoms with Gasteiger partial charge in [0.2, 0.25) is 5.65 Å². The first-order chi connectivity index (χ1) is 10.0. The maximum Gasteiger partial charge on any atom is 0.546 e. The number of phosphoric acid groups is 1. The van der Waals surface area contributed by atoms with Crippen molar-refractivity contribution in [2.75, 3.05) is 12.3 Å². The third-order valence-electron chi connectivity index (χ3n) is 2.78. The van der Waals surface area contributed by atoms with Gasteiger partial charge in [0.15, 0.2) is 11.3 Å². The third kappa shape index (κ3) is 4.13. The summed E-state index contributed by atoms with van der Waals surface area (Å²) in [4.78, 5) is 21.3. The summed E-state index contributed by atoms with van der Waals surface area (Å²) in [7, 11) is -4.23. The molecule has 0 radical (unpaired) electrons. The molecule has 0 aromatic carbocycles. The molecule has 0 aliphatic heterocycles. The number of hydrogen-bond acceptors (Lipinski definition) is 7. The van der Waals surface area contributed by atoms with E-state index in [-0.39, 0.29) is 18.1 Å². The van der Waals surface area contributed by atoms with Crippen molar-refractivity contribution in [1.82, 2.24) is 19.7 Å². The van der Waals surface area contributed by atoms with Crippen molar-refractivity contribution in [1.29, 1.82) is 0 Å². The van der Waals surface area contributed by atoms with Crippen molar-refractivity contribution >= 4 is 24.8 Å². The molecule has 0 fully saturated rings. The fraction of sp³-hybridized carbons (Fsp3) is 0.545. The number of nitrogen functional groups attached to an aromatic ring is 1. The SMILES string of the molecule is CCCCCCOP(=O)(O)On1cnc2c(N)ncnc21. The highest BCUT2D eigenvalue weighted by atomic mass is 31.2. The van der Waals surface area contributed by atoms with Gasteiger partial charge in [-0.15, -0.1) is 4.73 Å². The first-order valence-corrected chi connectivity index (χ1v) is 8.14. The molecule has 0 aliphatic rings. The molecule has 0 saturated heterocycles. The fourth-order valence-electron chi connectivity index (χ4n) is 1.74. The molecule has 3 N–H and O–H groups in total. The second kappa shape index (κ2) is 6.84. The van der Waals surface area contributed by atoms with Gasteiger partial charge in [-0.3, -0.25) is 9.42 Å². The summed E-state index contributed by atoms with van der Waals surface area (Å²) in [6.07, 6.45) is 6.18. The van der Waals surface area contributed by atoms with Crippen LogP contribution < -0.4 is 10.4 Å². The molecule has 1 unspecified atom stereocenters. The van der Waals surface area contributed by atoms with Gasteiger partial charge in [0.1, 0.15) is 12.7 Å². The molecule has 9 nitrogen and oxygen atoms in total. The van der Waals surface area contributed by atoms with Crippen molar-refractivity contribution in [2.45, 2.75) is 32.6 Å². The summed E-state index contributed by atoms with van der Waals surface area (Å²) in [6.45, 7) is 2.23. The van der Waals surface area contributed by atoms with E-state index in [4.69, 9.17) is 14.9 Å². The molecule has 0 amide bonds. The second-order valence-electron chi connectivity index (χ2n) is 4.45. The molecular formula is C11H18N5O4P. The van der Waals surface area contributed by atoms with Gasteiger partial charge in [-0.2, -0.15) is 0 Å². The van der Waals surface area contributed by atoms with Crippen LogP contribution in [0.2, 0.25) is 0 Å². The predicted molar refractivity (Wildman–Crippen MR) is 76.2 cm³/mol. The number of rotatable bonds is 8. The van der Waals surface area contributed by atoms with Gasteiger partial charge in [-0.1, -0.05) is 26.2 Å². The van der Waals surface area contributed by atoms with Crippen molar-refractivity contribution < 1.29 is 18.6 Å². The van der Waals surface area contributed by atoms with E-state index in [1.54, 1.807) is 0 Å². The number of nitrogens with zero attached hydrogens (tertiary/aromatic N) is 4. The average Bonchev–Trinajstić information content (AvgIpc) is 2.83.